The molecular formula is C14H18F3NO4. The molecule has 124 valence electrons. The molecule has 22 heavy (non-hydrogen) atoms. The molecule has 1 atom stereocenters. The molecule has 8 heteroatoms. The van der Waals surface area contributed by atoms with E-state index in [1.54, 1.807) is 0 Å². The van der Waals surface area contributed by atoms with Crippen molar-refractivity contribution in [2.45, 2.75) is 56.9 Å². The van der Waals surface area contributed by atoms with Gasteiger partial charge in [0.1, 0.15) is 11.5 Å². The van der Waals surface area contributed by atoms with Gasteiger partial charge in [-0.2, -0.15) is 13.2 Å². The molecular weight excluding hydrogens is 303 g/mol. The smallest absolute Gasteiger partial charge is 0.425 e. The van der Waals surface area contributed by atoms with Crippen molar-refractivity contribution in [2.24, 2.45) is 0 Å². The van der Waals surface area contributed by atoms with Gasteiger partial charge in [-0.3, -0.25) is 9.63 Å². The van der Waals surface area contributed by atoms with Gasteiger partial charge in [-0.15, -0.1) is 0 Å². The first kappa shape index (κ1) is 16.8. The molecule has 0 saturated heterocycles. The summed E-state index contributed by atoms with van der Waals surface area (Å²) in [5, 5.41) is 9.96. The number of aliphatic hydroxyl groups is 1. The Kier molecular flexibility index (Phi) is 4.81. The van der Waals surface area contributed by atoms with Gasteiger partial charge in [0, 0.05) is 0 Å². The number of hydrogen-bond acceptors (Lipinski definition) is 4. The number of carbonyl (C=O) groups is 1. The van der Waals surface area contributed by atoms with Crippen LogP contribution in [0.1, 0.15) is 43.6 Å². The fourth-order valence-electron chi connectivity index (χ4n) is 2.41. The fourth-order valence-corrected chi connectivity index (χ4v) is 2.41. The predicted octanol–water partition coefficient (Wildman–Crippen LogP) is 2.72. The van der Waals surface area contributed by atoms with Gasteiger partial charge in [0.25, 0.3) is 0 Å². The van der Waals surface area contributed by atoms with Crippen molar-refractivity contribution in [2.75, 3.05) is 0 Å². The monoisotopic (exact) mass is 321 g/mol. The van der Waals surface area contributed by atoms with Crippen molar-refractivity contribution in [3.05, 3.63) is 23.7 Å². The number of furan rings is 1. The van der Waals surface area contributed by atoms with Crippen LogP contribution < -0.4 is 5.48 Å². The van der Waals surface area contributed by atoms with Crippen LogP contribution in [-0.2, 0) is 15.2 Å². The lowest BCUT2D eigenvalue weighted by Gasteiger charge is -2.28. The Labute approximate surface area is 125 Å². The van der Waals surface area contributed by atoms with E-state index >= 15 is 0 Å². The Morgan fingerprint density at radius 2 is 2.05 bits per heavy atom. The minimum Gasteiger partial charge on any atom is -0.463 e. The van der Waals surface area contributed by atoms with Gasteiger partial charge in [-0.1, -0.05) is 12.8 Å². The molecule has 1 amide bonds. The van der Waals surface area contributed by atoms with E-state index in [0.717, 1.165) is 31.7 Å². The zero-order chi connectivity index (χ0) is 16.4. The van der Waals surface area contributed by atoms with E-state index in [4.69, 9.17) is 9.25 Å². The number of hydrogen-bond donors (Lipinski definition) is 2. The molecule has 0 aromatic carbocycles. The van der Waals surface area contributed by atoms with E-state index in [9.17, 15) is 23.1 Å². The number of hydroxylamine groups is 1. The average molecular weight is 321 g/mol. The second-order valence-corrected chi connectivity index (χ2v) is 5.49. The van der Waals surface area contributed by atoms with Crippen LogP contribution in [0.25, 0.3) is 0 Å². The van der Waals surface area contributed by atoms with E-state index in [0.29, 0.717) is 0 Å². The first-order chi connectivity index (χ1) is 10.2. The molecule has 1 aliphatic rings. The highest BCUT2D eigenvalue weighted by atomic mass is 19.4. The van der Waals surface area contributed by atoms with E-state index in [1.807, 2.05) is 5.48 Å². The van der Waals surface area contributed by atoms with Crippen LogP contribution in [-0.4, -0.2) is 23.3 Å². The van der Waals surface area contributed by atoms with Crippen molar-refractivity contribution in [1.82, 2.24) is 5.48 Å². The van der Waals surface area contributed by atoms with Gasteiger partial charge in [-0.25, -0.2) is 5.48 Å². The zero-order valence-electron chi connectivity index (χ0n) is 12.1. The molecule has 1 unspecified atom stereocenters. The Hall–Kier alpha value is -1.54. The number of carbonyl (C=O) groups excluding carboxylic acids is 1. The molecule has 0 bridgehead atoms. The maximum Gasteiger partial charge on any atom is 0.425 e. The topological polar surface area (TPSA) is 71.7 Å². The Morgan fingerprint density at radius 1 is 1.41 bits per heavy atom. The minimum atomic E-state index is -5.05. The average Bonchev–Trinajstić information content (AvgIpc) is 3.06. The molecule has 1 fully saturated rings. The maximum atomic E-state index is 13.2. The number of alkyl halides is 3. The summed E-state index contributed by atoms with van der Waals surface area (Å²) in [6.07, 6.45) is -3.05. The molecule has 5 nitrogen and oxygen atoms in total. The van der Waals surface area contributed by atoms with E-state index in [1.165, 1.54) is 13.0 Å². The third-order valence-electron chi connectivity index (χ3n) is 3.67. The van der Waals surface area contributed by atoms with Gasteiger partial charge >= 0.3 is 6.18 Å². The lowest BCUT2D eigenvalue weighted by Crippen LogP contribution is -2.46. The van der Waals surface area contributed by atoms with Gasteiger partial charge < -0.3 is 9.52 Å². The Bertz CT molecular complexity index is 522. The molecule has 1 heterocycles. The van der Waals surface area contributed by atoms with E-state index < -0.39 is 29.9 Å². The molecule has 1 aromatic heterocycles. The second kappa shape index (κ2) is 6.29. The largest absolute Gasteiger partial charge is 0.463 e. The molecule has 0 radical (unpaired) electrons. The Balaban J connectivity index is 2.05. The summed E-state index contributed by atoms with van der Waals surface area (Å²) in [6.45, 7) is 1.45. The van der Waals surface area contributed by atoms with Crippen LogP contribution in [0.4, 0.5) is 13.2 Å². The van der Waals surface area contributed by atoms with Gasteiger partial charge in [0.2, 0.25) is 11.5 Å². The van der Waals surface area contributed by atoms with Crippen LogP contribution in [0.2, 0.25) is 0 Å². The van der Waals surface area contributed by atoms with Crippen LogP contribution in [0, 0.1) is 6.92 Å². The molecule has 2 rings (SSSR count). The van der Waals surface area contributed by atoms with Crippen LogP contribution in [0.3, 0.4) is 0 Å². The highest BCUT2D eigenvalue weighted by molar-refractivity contribution is 5.76. The summed E-state index contributed by atoms with van der Waals surface area (Å²) in [5.74, 6) is -1.56. The van der Waals surface area contributed by atoms with E-state index in [2.05, 4.69) is 0 Å². The predicted molar refractivity (Wildman–Crippen MR) is 69.5 cm³/mol. The molecule has 0 spiro atoms. The van der Waals surface area contributed by atoms with Gasteiger partial charge in [-0.05, 0) is 31.9 Å². The van der Waals surface area contributed by atoms with E-state index in [-0.39, 0.29) is 11.9 Å². The second-order valence-electron chi connectivity index (χ2n) is 5.49. The summed E-state index contributed by atoms with van der Waals surface area (Å²) in [6, 6.07) is 2.30. The van der Waals surface area contributed by atoms with Crippen LogP contribution in [0.5, 0.6) is 0 Å². The third-order valence-corrected chi connectivity index (χ3v) is 3.67. The van der Waals surface area contributed by atoms with Crippen molar-refractivity contribution < 1.29 is 32.3 Å². The maximum absolute atomic E-state index is 13.2. The first-order valence-corrected chi connectivity index (χ1v) is 7.03. The molecule has 0 aliphatic heterocycles. The fraction of sp³-hybridized carbons (Fsp3) is 0.643. The third kappa shape index (κ3) is 3.61. The van der Waals surface area contributed by atoms with Crippen LogP contribution >= 0.6 is 0 Å². The van der Waals surface area contributed by atoms with Crippen LogP contribution in [0.15, 0.2) is 16.5 Å². The number of rotatable bonds is 5. The number of aryl methyl sites for hydroxylation is 1. The van der Waals surface area contributed by atoms with Crippen molar-refractivity contribution in [1.29, 1.82) is 0 Å². The zero-order valence-corrected chi connectivity index (χ0v) is 12.1. The minimum absolute atomic E-state index is 0.186. The van der Waals surface area contributed by atoms with Crippen molar-refractivity contribution in [3.63, 3.8) is 0 Å². The van der Waals surface area contributed by atoms with Gasteiger partial charge in [0.05, 0.1) is 12.5 Å². The first-order valence-electron chi connectivity index (χ1n) is 7.03. The summed E-state index contributed by atoms with van der Waals surface area (Å²) in [4.78, 5) is 16.8. The number of halogens is 3. The molecule has 1 aromatic rings. The SMILES string of the molecule is Cc1ccc(C(O)(CC(=O)NOC2CCCC2)C(F)(F)F)o1. The normalized spacial score (nSPS) is 19.1. The number of amides is 1. The molecule has 2 N–H and O–H groups in total. The highest BCUT2D eigenvalue weighted by Crippen LogP contribution is 2.42. The molecule has 1 aliphatic carbocycles. The van der Waals surface area contributed by atoms with Gasteiger partial charge in [0.15, 0.2) is 0 Å². The summed E-state index contributed by atoms with van der Waals surface area (Å²) >= 11 is 0. The quantitative estimate of drug-likeness (QED) is 0.818. The van der Waals surface area contributed by atoms with Crippen molar-refractivity contribution >= 4 is 5.91 Å². The summed E-state index contributed by atoms with van der Waals surface area (Å²) < 4.78 is 44.4. The summed E-state index contributed by atoms with van der Waals surface area (Å²) in [7, 11) is 0. The number of nitrogens with one attached hydrogen (secondary N) is 1. The standard InChI is InChI=1S/C14H18F3NO4/c1-9-6-7-11(21-9)13(20,14(15,16)17)8-12(19)18-22-10-4-2-3-5-10/h6-7,10,20H,2-5,8H2,1H3,(H,18,19). The lowest BCUT2D eigenvalue weighted by atomic mass is 9.95. The lowest BCUT2D eigenvalue weighted by molar-refractivity contribution is -0.274. The van der Waals surface area contributed by atoms with Crippen molar-refractivity contribution in [3.8, 4) is 0 Å². The highest BCUT2D eigenvalue weighted by Gasteiger charge is 2.58. The Morgan fingerprint density at radius 3 is 2.55 bits per heavy atom. The summed E-state index contributed by atoms with van der Waals surface area (Å²) in [5.41, 5.74) is -1.40. The molecule has 1 saturated carbocycles.